The first-order valence-corrected chi connectivity index (χ1v) is 6.84. The molecule has 2 rings (SSSR count). The molecule has 5 nitrogen and oxygen atoms in total. The zero-order valence-electron chi connectivity index (χ0n) is 11.2. The maximum absolute atomic E-state index is 12.3. The zero-order valence-corrected chi connectivity index (χ0v) is 11.2. The molecule has 4 unspecified atom stereocenters. The van der Waals surface area contributed by atoms with E-state index in [0.717, 1.165) is 19.3 Å². The third kappa shape index (κ3) is 3.15. The Balaban J connectivity index is 1.98. The average molecular weight is 267 g/mol. The molecule has 2 N–H and O–H groups in total. The molecule has 2 aliphatic carbocycles. The van der Waals surface area contributed by atoms with Crippen molar-refractivity contribution in [3.8, 4) is 0 Å². The van der Waals surface area contributed by atoms with Crippen molar-refractivity contribution in [3.63, 3.8) is 0 Å². The van der Waals surface area contributed by atoms with Crippen molar-refractivity contribution in [1.82, 2.24) is 5.32 Å². The molecule has 106 valence electrons. The lowest BCUT2D eigenvalue weighted by Gasteiger charge is -2.27. The average Bonchev–Trinajstić information content (AvgIpc) is 2.85. The Morgan fingerprint density at radius 2 is 1.89 bits per heavy atom. The number of methoxy groups -OCH3 is 1. The van der Waals surface area contributed by atoms with Crippen LogP contribution in [0.5, 0.6) is 0 Å². The molecule has 4 atom stereocenters. The Bertz CT molecular complexity index is 380. The normalized spacial score (nSPS) is 34.2. The van der Waals surface area contributed by atoms with Crippen LogP contribution in [0.2, 0.25) is 0 Å². The quantitative estimate of drug-likeness (QED) is 0.754. The third-order valence-electron chi connectivity index (χ3n) is 4.17. The number of carbonyl (C=O) groups is 2. The van der Waals surface area contributed by atoms with Crippen LogP contribution in [0.3, 0.4) is 0 Å². The highest BCUT2D eigenvalue weighted by atomic mass is 16.5. The monoisotopic (exact) mass is 267 g/mol. The Hall–Kier alpha value is -1.36. The van der Waals surface area contributed by atoms with Gasteiger partial charge in [0.25, 0.3) is 0 Å². The van der Waals surface area contributed by atoms with Gasteiger partial charge in [0.2, 0.25) is 5.91 Å². The summed E-state index contributed by atoms with van der Waals surface area (Å²) < 4.78 is 5.34. The van der Waals surface area contributed by atoms with E-state index in [9.17, 15) is 14.7 Å². The van der Waals surface area contributed by atoms with Gasteiger partial charge >= 0.3 is 5.97 Å². The summed E-state index contributed by atoms with van der Waals surface area (Å²) in [6.07, 6.45) is 7.64. The standard InChI is InChI=1S/C14H21NO4/c1-19-12-8-4-7-11(12)15-13(16)9-5-2-3-6-10(9)14(17)18/h2-3,9-12H,4-8H2,1H3,(H,15,16)(H,17,18). The SMILES string of the molecule is COC1CCCC1NC(=O)C1CC=CCC1C(=O)O. The Labute approximate surface area is 113 Å². The fourth-order valence-electron chi connectivity index (χ4n) is 3.04. The van der Waals surface area contributed by atoms with E-state index >= 15 is 0 Å². The second-order valence-corrected chi connectivity index (χ2v) is 5.31. The van der Waals surface area contributed by atoms with Crippen LogP contribution >= 0.6 is 0 Å². The van der Waals surface area contributed by atoms with E-state index in [2.05, 4.69) is 5.32 Å². The van der Waals surface area contributed by atoms with Crippen molar-refractivity contribution in [2.75, 3.05) is 7.11 Å². The van der Waals surface area contributed by atoms with Gasteiger partial charge in [0.15, 0.2) is 0 Å². The van der Waals surface area contributed by atoms with E-state index in [4.69, 9.17) is 4.74 Å². The second-order valence-electron chi connectivity index (χ2n) is 5.31. The van der Waals surface area contributed by atoms with Gasteiger partial charge < -0.3 is 15.2 Å². The van der Waals surface area contributed by atoms with E-state index in [-0.39, 0.29) is 18.1 Å². The number of hydrogen-bond acceptors (Lipinski definition) is 3. The van der Waals surface area contributed by atoms with E-state index in [1.807, 2.05) is 12.2 Å². The van der Waals surface area contributed by atoms with Crippen molar-refractivity contribution in [2.45, 2.75) is 44.2 Å². The van der Waals surface area contributed by atoms with Crippen molar-refractivity contribution in [1.29, 1.82) is 0 Å². The minimum absolute atomic E-state index is 0.0258. The summed E-state index contributed by atoms with van der Waals surface area (Å²) in [5.74, 6) is -2.10. The number of nitrogens with one attached hydrogen (secondary N) is 1. The smallest absolute Gasteiger partial charge is 0.307 e. The Morgan fingerprint density at radius 1 is 1.21 bits per heavy atom. The number of allylic oxidation sites excluding steroid dienone is 2. The molecule has 19 heavy (non-hydrogen) atoms. The lowest BCUT2D eigenvalue weighted by molar-refractivity contribution is -0.147. The van der Waals surface area contributed by atoms with Gasteiger partial charge in [-0.15, -0.1) is 0 Å². The number of amides is 1. The number of hydrogen-bond donors (Lipinski definition) is 2. The van der Waals surface area contributed by atoms with Crippen molar-refractivity contribution >= 4 is 11.9 Å². The summed E-state index contributed by atoms with van der Waals surface area (Å²) in [5, 5.41) is 12.2. The lowest BCUT2D eigenvalue weighted by atomic mass is 9.82. The topological polar surface area (TPSA) is 75.6 Å². The fraction of sp³-hybridized carbons (Fsp3) is 0.714. The van der Waals surface area contributed by atoms with Crippen LogP contribution in [0.15, 0.2) is 12.2 Å². The van der Waals surface area contributed by atoms with Crippen LogP contribution in [0.4, 0.5) is 0 Å². The summed E-state index contributed by atoms with van der Waals surface area (Å²) in [6.45, 7) is 0. The highest BCUT2D eigenvalue weighted by Crippen LogP contribution is 2.28. The van der Waals surface area contributed by atoms with E-state index in [1.165, 1.54) is 0 Å². The molecule has 5 heteroatoms. The van der Waals surface area contributed by atoms with Gasteiger partial charge in [0.05, 0.1) is 24.0 Å². The van der Waals surface area contributed by atoms with Crippen LogP contribution in [0.25, 0.3) is 0 Å². The molecule has 0 spiro atoms. The van der Waals surface area contributed by atoms with Crippen LogP contribution in [-0.4, -0.2) is 36.2 Å². The highest BCUT2D eigenvalue weighted by molar-refractivity contribution is 5.85. The molecular formula is C14H21NO4. The number of aliphatic carboxylic acids is 1. The molecule has 0 heterocycles. The molecule has 1 amide bonds. The molecule has 0 aliphatic heterocycles. The molecule has 0 aromatic carbocycles. The zero-order chi connectivity index (χ0) is 13.8. The number of carboxylic acids is 1. The minimum atomic E-state index is -0.890. The second kappa shape index (κ2) is 6.19. The first-order chi connectivity index (χ1) is 9.13. The summed E-state index contributed by atoms with van der Waals surface area (Å²) in [6, 6.07) is 0.0258. The maximum atomic E-state index is 12.3. The molecule has 0 aromatic heterocycles. The van der Waals surface area contributed by atoms with Crippen molar-refractivity contribution in [3.05, 3.63) is 12.2 Å². The molecule has 1 saturated carbocycles. The molecule has 0 bridgehead atoms. The van der Waals surface area contributed by atoms with E-state index < -0.39 is 17.8 Å². The van der Waals surface area contributed by atoms with Crippen LogP contribution in [0.1, 0.15) is 32.1 Å². The molecule has 1 fully saturated rings. The fourth-order valence-corrected chi connectivity index (χ4v) is 3.04. The molecule has 0 radical (unpaired) electrons. The molecule has 0 saturated heterocycles. The Kier molecular flexibility index (Phi) is 4.58. The first-order valence-electron chi connectivity index (χ1n) is 6.84. The van der Waals surface area contributed by atoms with Gasteiger partial charge in [-0.25, -0.2) is 0 Å². The highest BCUT2D eigenvalue weighted by Gasteiger charge is 2.36. The summed E-state index contributed by atoms with van der Waals surface area (Å²) >= 11 is 0. The molecule has 2 aliphatic rings. The molecular weight excluding hydrogens is 246 g/mol. The number of ether oxygens (including phenoxy) is 1. The molecule has 0 aromatic rings. The lowest BCUT2D eigenvalue weighted by Crippen LogP contribution is -2.46. The van der Waals surface area contributed by atoms with Crippen LogP contribution in [0, 0.1) is 11.8 Å². The first kappa shape index (κ1) is 14.1. The third-order valence-corrected chi connectivity index (χ3v) is 4.17. The van der Waals surface area contributed by atoms with Crippen LogP contribution in [-0.2, 0) is 14.3 Å². The van der Waals surface area contributed by atoms with E-state index in [1.54, 1.807) is 7.11 Å². The summed E-state index contributed by atoms with van der Waals surface area (Å²) in [4.78, 5) is 23.5. The maximum Gasteiger partial charge on any atom is 0.307 e. The number of carbonyl (C=O) groups excluding carboxylic acids is 1. The number of carboxylic acid groups (broad SMARTS) is 1. The van der Waals surface area contributed by atoms with Crippen molar-refractivity contribution < 1.29 is 19.4 Å². The van der Waals surface area contributed by atoms with Gasteiger partial charge in [-0.2, -0.15) is 0 Å². The van der Waals surface area contributed by atoms with Gasteiger partial charge in [-0.3, -0.25) is 9.59 Å². The predicted octanol–water partition coefficient (Wildman–Crippen LogP) is 1.34. The van der Waals surface area contributed by atoms with Gasteiger partial charge in [0, 0.05) is 7.11 Å². The summed E-state index contributed by atoms with van der Waals surface area (Å²) in [5.41, 5.74) is 0. The largest absolute Gasteiger partial charge is 0.481 e. The van der Waals surface area contributed by atoms with Crippen molar-refractivity contribution in [2.24, 2.45) is 11.8 Å². The van der Waals surface area contributed by atoms with Crippen LogP contribution < -0.4 is 5.32 Å². The summed E-state index contributed by atoms with van der Waals surface area (Å²) in [7, 11) is 1.65. The Morgan fingerprint density at radius 3 is 2.53 bits per heavy atom. The van der Waals surface area contributed by atoms with Gasteiger partial charge in [-0.05, 0) is 32.1 Å². The number of rotatable bonds is 4. The predicted molar refractivity (Wildman–Crippen MR) is 69.6 cm³/mol. The van der Waals surface area contributed by atoms with Gasteiger partial charge in [-0.1, -0.05) is 12.2 Å². The van der Waals surface area contributed by atoms with Gasteiger partial charge in [0.1, 0.15) is 0 Å². The van der Waals surface area contributed by atoms with E-state index in [0.29, 0.717) is 12.8 Å². The minimum Gasteiger partial charge on any atom is -0.481 e.